The van der Waals surface area contributed by atoms with Gasteiger partial charge >= 0.3 is 0 Å². The number of carbonyl (C=O) groups excluding carboxylic acids is 1. The summed E-state index contributed by atoms with van der Waals surface area (Å²) in [6.45, 7) is 1.95. The number of anilines is 1. The zero-order valence-corrected chi connectivity index (χ0v) is 19.5. The number of hydrogen-bond donors (Lipinski definition) is 1. The van der Waals surface area contributed by atoms with Crippen LogP contribution in [0.1, 0.15) is 32.4 Å². The first-order valence-electron chi connectivity index (χ1n) is 11.1. The first kappa shape index (κ1) is 21.9. The first-order valence-corrected chi connectivity index (χ1v) is 12.0. The van der Waals surface area contributed by atoms with Crippen LogP contribution >= 0.6 is 11.8 Å². The van der Waals surface area contributed by atoms with E-state index in [0.29, 0.717) is 16.3 Å². The van der Waals surface area contributed by atoms with E-state index in [-0.39, 0.29) is 11.2 Å². The van der Waals surface area contributed by atoms with Gasteiger partial charge in [-0.05, 0) is 42.3 Å². The maximum atomic E-state index is 13.4. The quantitative estimate of drug-likeness (QED) is 0.275. The number of rotatable bonds is 6. The summed E-state index contributed by atoms with van der Waals surface area (Å²) in [7, 11) is 0. The standard InChI is InChI=1S/C29H23N3OS/c1-20-17-18-21-14-8-16-25(26(21)31-20)32-28(33)24-15-9-19-30-29(24)34-27(22-10-4-2-5-11-22)23-12-6-3-7-13-23/h2-19,27H,1H3,(H,32,33). The van der Waals surface area contributed by atoms with E-state index in [2.05, 4.69) is 39.6 Å². The number of aryl methyl sites for hydroxylation is 1. The summed E-state index contributed by atoms with van der Waals surface area (Å²) in [6.07, 6.45) is 1.73. The number of benzene rings is 3. The van der Waals surface area contributed by atoms with E-state index in [4.69, 9.17) is 0 Å². The van der Waals surface area contributed by atoms with Crippen molar-refractivity contribution in [3.63, 3.8) is 0 Å². The minimum atomic E-state index is -0.203. The lowest BCUT2D eigenvalue weighted by Crippen LogP contribution is -2.14. The van der Waals surface area contributed by atoms with Crippen molar-refractivity contribution in [1.82, 2.24) is 9.97 Å². The fourth-order valence-electron chi connectivity index (χ4n) is 3.89. The smallest absolute Gasteiger partial charge is 0.258 e. The molecule has 5 rings (SSSR count). The van der Waals surface area contributed by atoms with Crippen molar-refractivity contribution in [3.05, 3.63) is 132 Å². The Labute approximate surface area is 203 Å². The van der Waals surface area contributed by atoms with Crippen LogP contribution in [0.4, 0.5) is 5.69 Å². The lowest BCUT2D eigenvalue weighted by Gasteiger charge is -2.19. The monoisotopic (exact) mass is 461 g/mol. The van der Waals surface area contributed by atoms with Crippen molar-refractivity contribution < 1.29 is 4.79 Å². The predicted molar refractivity (Wildman–Crippen MR) is 139 cm³/mol. The van der Waals surface area contributed by atoms with Crippen LogP contribution in [-0.4, -0.2) is 15.9 Å². The van der Waals surface area contributed by atoms with Crippen molar-refractivity contribution in [3.8, 4) is 0 Å². The van der Waals surface area contributed by atoms with Gasteiger partial charge in [0.2, 0.25) is 0 Å². The summed E-state index contributed by atoms with van der Waals surface area (Å²) in [6, 6.07) is 34.0. The van der Waals surface area contributed by atoms with E-state index in [1.807, 2.05) is 79.7 Å². The topological polar surface area (TPSA) is 54.9 Å². The van der Waals surface area contributed by atoms with Crippen molar-refractivity contribution in [2.75, 3.05) is 5.32 Å². The molecule has 0 fully saturated rings. The molecule has 0 saturated heterocycles. The largest absolute Gasteiger partial charge is 0.320 e. The van der Waals surface area contributed by atoms with Crippen LogP contribution in [0.15, 0.2) is 114 Å². The van der Waals surface area contributed by atoms with E-state index in [0.717, 1.165) is 27.7 Å². The highest BCUT2D eigenvalue weighted by Crippen LogP contribution is 2.40. The molecule has 0 unspecified atom stereocenters. The second-order valence-electron chi connectivity index (χ2n) is 7.96. The Balaban J connectivity index is 1.49. The summed E-state index contributed by atoms with van der Waals surface area (Å²) in [5.41, 5.74) is 5.22. The molecule has 5 heteroatoms. The van der Waals surface area contributed by atoms with Gasteiger partial charge < -0.3 is 5.32 Å². The van der Waals surface area contributed by atoms with Crippen molar-refractivity contribution in [1.29, 1.82) is 0 Å². The molecule has 0 spiro atoms. The maximum Gasteiger partial charge on any atom is 0.258 e. The third kappa shape index (κ3) is 4.70. The zero-order chi connectivity index (χ0) is 23.3. The van der Waals surface area contributed by atoms with Gasteiger partial charge in [-0.15, -0.1) is 0 Å². The number of carbonyl (C=O) groups is 1. The molecule has 0 aliphatic carbocycles. The fourth-order valence-corrected chi connectivity index (χ4v) is 5.11. The summed E-state index contributed by atoms with van der Waals surface area (Å²) < 4.78 is 0. The molecule has 0 atom stereocenters. The molecule has 1 N–H and O–H groups in total. The van der Waals surface area contributed by atoms with Gasteiger partial charge in [-0.2, -0.15) is 0 Å². The molecule has 34 heavy (non-hydrogen) atoms. The Kier molecular flexibility index (Phi) is 6.36. The number of hydrogen-bond acceptors (Lipinski definition) is 4. The minimum Gasteiger partial charge on any atom is -0.320 e. The average Bonchev–Trinajstić information content (AvgIpc) is 2.89. The summed E-state index contributed by atoms with van der Waals surface area (Å²) in [5.74, 6) is -0.203. The van der Waals surface area contributed by atoms with Crippen LogP contribution in [0.5, 0.6) is 0 Å². The maximum absolute atomic E-state index is 13.4. The molecule has 166 valence electrons. The second kappa shape index (κ2) is 9.89. The molecule has 0 saturated carbocycles. The Morgan fingerprint density at radius 3 is 2.21 bits per heavy atom. The molecular weight excluding hydrogens is 438 g/mol. The molecule has 0 radical (unpaired) electrons. The summed E-state index contributed by atoms with van der Waals surface area (Å²) in [4.78, 5) is 22.7. The number of para-hydroxylation sites is 1. The highest BCUT2D eigenvalue weighted by Gasteiger charge is 2.21. The highest BCUT2D eigenvalue weighted by molar-refractivity contribution is 7.99. The van der Waals surface area contributed by atoms with Gasteiger partial charge in [-0.1, -0.05) is 90.6 Å². The molecule has 4 nitrogen and oxygen atoms in total. The molecule has 2 heterocycles. The van der Waals surface area contributed by atoms with Crippen molar-refractivity contribution in [2.24, 2.45) is 0 Å². The second-order valence-corrected chi connectivity index (χ2v) is 9.05. The van der Waals surface area contributed by atoms with E-state index in [1.165, 1.54) is 0 Å². The molecule has 3 aromatic carbocycles. The van der Waals surface area contributed by atoms with Gasteiger partial charge in [0.25, 0.3) is 5.91 Å². The van der Waals surface area contributed by atoms with E-state index < -0.39 is 0 Å². The van der Waals surface area contributed by atoms with E-state index >= 15 is 0 Å². The normalized spacial score (nSPS) is 11.0. The Hall–Kier alpha value is -3.96. The van der Waals surface area contributed by atoms with Gasteiger partial charge in [0.15, 0.2) is 0 Å². The van der Waals surface area contributed by atoms with Gasteiger partial charge in [0.05, 0.1) is 22.0 Å². The third-order valence-electron chi connectivity index (χ3n) is 5.56. The van der Waals surface area contributed by atoms with Crippen LogP contribution in [0.3, 0.4) is 0 Å². The number of fused-ring (bicyclic) bond motifs is 1. The van der Waals surface area contributed by atoms with Crippen LogP contribution in [0.25, 0.3) is 10.9 Å². The van der Waals surface area contributed by atoms with Crippen LogP contribution in [0.2, 0.25) is 0 Å². The van der Waals surface area contributed by atoms with Gasteiger partial charge in [-0.3, -0.25) is 9.78 Å². The number of nitrogens with one attached hydrogen (secondary N) is 1. The Bertz CT molecular complexity index is 1400. The molecule has 0 aliphatic heterocycles. The van der Waals surface area contributed by atoms with Crippen LogP contribution < -0.4 is 5.32 Å². The van der Waals surface area contributed by atoms with Gasteiger partial charge in [0, 0.05) is 17.3 Å². The third-order valence-corrected chi connectivity index (χ3v) is 6.89. The Morgan fingerprint density at radius 1 is 0.794 bits per heavy atom. The van der Waals surface area contributed by atoms with Crippen molar-refractivity contribution in [2.45, 2.75) is 17.2 Å². The molecule has 1 amide bonds. The first-order chi connectivity index (χ1) is 16.7. The average molecular weight is 462 g/mol. The number of pyridine rings is 2. The molecule has 0 bridgehead atoms. The molecule has 5 aromatic rings. The lowest BCUT2D eigenvalue weighted by molar-refractivity contribution is 0.102. The summed E-state index contributed by atoms with van der Waals surface area (Å²) in [5, 5.41) is 4.74. The number of thioether (sulfide) groups is 1. The Morgan fingerprint density at radius 2 is 1.50 bits per heavy atom. The SMILES string of the molecule is Cc1ccc2cccc(NC(=O)c3cccnc3SC(c3ccccc3)c3ccccc3)c2n1. The fraction of sp³-hybridized carbons (Fsp3) is 0.0690. The van der Waals surface area contributed by atoms with Crippen molar-refractivity contribution >= 4 is 34.3 Å². The number of amides is 1. The lowest BCUT2D eigenvalue weighted by atomic mass is 10.0. The van der Waals surface area contributed by atoms with Gasteiger partial charge in [0.1, 0.15) is 5.03 Å². The van der Waals surface area contributed by atoms with Crippen LogP contribution in [-0.2, 0) is 0 Å². The van der Waals surface area contributed by atoms with Gasteiger partial charge in [-0.25, -0.2) is 4.98 Å². The highest BCUT2D eigenvalue weighted by atomic mass is 32.2. The molecular formula is C29H23N3OS. The number of nitrogens with zero attached hydrogens (tertiary/aromatic N) is 2. The predicted octanol–water partition coefficient (Wildman–Crippen LogP) is 7.07. The van der Waals surface area contributed by atoms with Crippen LogP contribution in [0, 0.1) is 6.92 Å². The minimum absolute atomic E-state index is 0.00530. The van der Waals surface area contributed by atoms with E-state index in [1.54, 1.807) is 24.0 Å². The molecule has 0 aliphatic rings. The zero-order valence-electron chi connectivity index (χ0n) is 18.7. The van der Waals surface area contributed by atoms with E-state index in [9.17, 15) is 4.79 Å². The molecule has 2 aromatic heterocycles. The summed E-state index contributed by atoms with van der Waals surface area (Å²) >= 11 is 1.58. The number of aromatic nitrogens is 2.